The van der Waals surface area contributed by atoms with Crippen molar-refractivity contribution in [2.24, 2.45) is 0 Å². The van der Waals surface area contributed by atoms with Gasteiger partial charge < -0.3 is 4.90 Å². The zero-order chi connectivity index (χ0) is 12.6. The van der Waals surface area contributed by atoms with Crippen LogP contribution in [-0.4, -0.2) is 12.2 Å². The fourth-order valence-electron chi connectivity index (χ4n) is 1.39. The van der Waals surface area contributed by atoms with Crippen molar-refractivity contribution in [3.05, 3.63) is 61.5 Å². The maximum atomic E-state index is 3.98. The summed E-state index contributed by atoms with van der Waals surface area (Å²) in [7, 11) is 1.02. The van der Waals surface area contributed by atoms with Crippen molar-refractivity contribution in [3.63, 3.8) is 0 Å². The smallest absolute Gasteiger partial charge is 0.182 e. The molecule has 0 heterocycles. The third kappa shape index (κ3) is 4.88. The summed E-state index contributed by atoms with van der Waals surface area (Å²) < 4.78 is 0. The Bertz CT molecular complexity index is 311. The maximum absolute atomic E-state index is 3.98. The van der Waals surface area contributed by atoms with Gasteiger partial charge in [0.25, 0.3) is 0 Å². The third-order valence-electron chi connectivity index (χ3n) is 2.18. The van der Waals surface area contributed by atoms with Crippen molar-refractivity contribution >= 4 is 7.28 Å². The van der Waals surface area contributed by atoms with Crippen LogP contribution in [-0.2, 0) is 0 Å². The van der Waals surface area contributed by atoms with Crippen molar-refractivity contribution in [2.45, 2.75) is 26.6 Å². The summed E-state index contributed by atoms with van der Waals surface area (Å²) in [6.07, 6.45) is 9.50. The molecular weight excluding hydrogens is 193 g/mol. The summed E-state index contributed by atoms with van der Waals surface area (Å²) in [5.41, 5.74) is 2.12. The van der Waals surface area contributed by atoms with Crippen molar-refractivity contribution in [2.75, 3.05) is 0 Å². The Morgan fingerprint density at radius 2 is 1.94 bits per heavy atom. The van der Waals surface area contributed by atoms with Gasteiger partial charge in [-0.3, -0.25) is 0 Å². The lowest BCUT2D eigenvalue weighted by atomic mass is 9.62. The number of hydrogen-bond acceptors (Lipinski definition) is 1. The van der Waals surface area contributed by atoms with E-state index in [2.05, 4.69) is 44.6 Å². The van der Waals surface area contributed by atoms with E-state index in [0.717, 1.165) is 13.0 Å². The second-order valence-corrected chi connectivity index (χ2v) is 4.02. The Labute approximate surface area is 101 Å². The normalized spacial score (nSPS) is 11.6. The van der Waals surface area contributed by atoms with Gasteiger partial charge in [0.1, 0.15) is 0 Å². The van der Waals surface area contributed by atoms with Gasteiger partial charge in [-0.15, -0.1) is 0 Å². The van der Waals surface area contributed by atoms with E-state index in [9.17, 15) is 0 Å². The molecule has 0 N–H and O–H groups in total. The zero-order valence-electron chi connectivity index (χ0n) is 10.7. The van der Waals surface area contributed by atoms with Crippen molar-refractivity contribution < 1.29 is 0 Å². The molecule has 0 aliphatic heterocycles. The Kier molecular flexibility index (Phi) is 7.10. The molecule has 0 saturated carbocycles. The highest BCUT2D eigenvalue weighted by Gasteiger charge is 2.10. The van der Waals surface area contributed by atoms with E-state index in [0.29, 0.717) is 5.82 Å². The van der Waals surface area contributed by atoms with Gasteiger partial charge in [-0.05, 0) is 24.7 Å². The lowest BCUT2D eigenvalue weighted by molar-refractivity contribution is 0.629. The quantitative estimate of drug-likeness (QED) is 0.461. The average molecular weight is 215 g/mol. The second-order valence-electron chi connectivity index (χ2n) is 4.02. The predicted octanol–water partition coefficient (Wildman–Crippen LogP) is 3.81. The monoisotopic (exact) mass is 215 g/mol. The van der Waals surface area contributed by atoms with Crippen LogP contribution in [0.1, 0.15) is 20.8 Å². The van der Waals surface area contributed by atoms with Gasteiger partial charge >= 0.3 is 0 Å². The molecular formula is C14H22BN. The van der Waals surface area contributed by atoms with E-state index >= 15 is 0 Å². The van der Waals surface area contributed by atoms with Crippen LogP contribution in [0.2, 0.25) is 5.82 Å². The van der Waals surface area contributed by atoms with Crippen LogP contribution in [0.3, 0.4) is 0 Å². The molecule has 0 aromatic heterocycles. The molecule has 1 nitrogen and oxygen atoms in total. The first-order chi connectivity index (χ1) is 7.56. The minimum Gasteiger partial charge on any atom is -0.331 e. The molecule has 0 bridgehead atoms. The Hall–Kier alpha value is -1.44. The molecule has 0 fully saturated rings. The van der Waals surface area contributed by atoms with Gasteiger partial charge in [0, 0.05) is 11.9 Å². The first-order valence-electron chi connectivity index (χ1n) is 5.61. The van der Waals surface area contributed by atoms with E-state index in [1.807, 2.05) is 19.2 Å². The summed E-state index contributed by atoms with van der Waals surface area (Å²) in [6.45, 7) is 17.9. The largest absolute Gasteiger partial charge is 0.331 e. The summed E-state index contributed by atoms with van der Waals surface area (Å²) in [4.78, 5) is 2.05. The van der Waals surface area contributed by atoms with Crippen LogP contribution in [0.15, 0.2) is 61.5 Å². The van der Waals surface area contributed by atoms with Gasteiger partial charge in [0.15, 0.2) is 7.28 Å². The van der Waals surface area contributed by atoms with Crippen LogP contribution in [0, 0.1) is 0 Å². The van der Waals surface area contributed by atoms with E-state index in [1.165, 1.54) is 5.60 Å². The number of allylic oxidation sites excluding steroid dienone is 4. The molecule has 0 radical (unpaired) electrons. The fourth-order valence-corrected chi connectivity index (χ4v) is 1.39. The molecule has 0 spiro atoms. The molecule has 2 heteroatoms. The highest BCUT2D eigenvalue weighted by atomic mass is 15.1. The standard InChI is InChI=1S/C14H22BN/c1-7-10-11-16(13(6)8-2)14(9-3)15-12(4)5/h7-12,15H,1-2,6H2,3-5H3/b11-10-,14-9-. The zero-order valence-corrected chi connectivity index (χ0v) is 10.7. The molecule has 0 aromatic rings. The Morgan fingerprint density at radius 3 is 2.31 bits per heavy atom. The molecule has 0 amide bonds. The van der Waals surface area contributed by atoms with Crippen LogP contribution in [0.4, 0.5) is 0 Å². The number of hydrogen-bond donors (Lipinski definition) is 0. The van der Waals surface area contributed by atoms with Crippen LogP contribution < -0.4 is 0 Å². The average Bonchev–Trinajstić information content (AvgIpc) is 2.26. The second kappa shape index (κ2) is 7.80. The minimum atomic E-state index is 0.614. The molecule has 16 heavy (non-hydrogen) atoms. The molecule has 0 saturated heterocycles. The van der Waals surface area contributed by atoms with E-state index in [-0.39, 0.29) is 0 Å². The number of rotatable bonds is 7. The van der Waals surface area contributed by atoms with Gasteiger partial charge in [-0.25, -0.2) is 0 Å². The third-order valence-corrected chi connectivity index (χ3v) is 2.18. The summed E-state index contributed by atoms with van der Waals surface area (Å²) in [6, 6.07) is 0. The molecule has 0 unspecified atom stereocenters. The first-order valence-corrected chi connectivity index (χ1v) is 5.61. The van der Waals surface area contributed by atoms with Gasteiger partial charge in [0.2, 0.25) is 0 Å². The fraction of sp³-hybridized carbons (Fsp3) is 0.286. The van der Waals surface area contributed by atoms with E-state index in [4.69, 9.17) is 0 Å². The Morgan fingerprint density at radius 1 is 1.31 bits per heavy atom. The van der Waals surface area contributed by atoms with Crippen LogP contribution in [0.25, 0.3) is 0 Å². The van der Waals surface area contributed by atoms with Crippen molar-refractivity contribution in [1.29, 1.82) is 0 Å². The van der Waals surface area contributed by atoms with Crippen molar-refractivity contribution in [3.8, 4) is 0 Å². The summed E-state index contributed by atoms with van der Waals surface area (Å²) in [5, 5.41) is 0. The maximum Gasteiger partial charge on any atom is 0.182 e. The van der Waals surface area contributed by atoms with Crippen LogP contribution >= 0.6 is 0 Å². The number of nitrogens with zero attached hydrogens (tertiary/aromatic N) is 1. The molecule has 0 aromatic carbocycles. The van der Waals surface area contributed by atoms with Crippen LogP contribution in [0.5, 0.6) is 0 Å². The van der Waals surface area contributed by atoms with E-state index in [1.54, 1.807) is 12.2 Å². The van der Waals surface area contributed by atoms with Gasteiger partial charge in [0.05, 0.1) is 0 Å². The van der Waals surface area contributed by atoms with Crippen molar-refractivity contribution in [1.82, 2.24) is 4.90 Å². The summed E-state index contributed by atoms with van der Waals surface area (Å²) >= 11 is 0. The topological polar surface area (TPSA) is 3.24 Å². The van der Waals surface area contributed by atoms with Gasteiger partial charge in [-0.2, -0.15) is 0 Å². The SMILES string of the molecule is C=C/C=C\N(C(=C)C=C)/C(BC(C)C)=C\C. The predicted molar refractivity (Wildman–Crippen MR) is 76.5 cm³/mol. The summed E-state index contributed by atoms with van der Waals surface area (Å²) in [5.74, 6) is 0.614. The molecule has 0 aliphatic carbocycles. The lowest BCUT2D eigenvalue weighted by Crippen LogP contribution is -2.20. The minimum absolute atomic E-state index is 0.614. The molecule has 0 atom stereocenters. The first kappa shape index (κ1) is 14.6. The molecule has 86 valence electrons. The molecule has 0 rings (SSSR count). The molecule has 0 aliphatic rings. The highest BCUT2D eigenvalue weighted by molar-refractivity contribution is 6.46. The van der Waals surface area contributed by atoms with E-state index < -0.39 is 0 Å². The van der Waals surface area contributed by atoms with Gasteiger partial charge in [-0.1, -0.05) is 51.6 Å². The Balaban J connectivity index is 4.98. The lowest BCUT2D eigenvalue weighted by Gasteiger charge is -2.24. The highest BCUT2D eigenvalue weighted by Crippen LogP contribution is 2.16.